The summed E-state index contributed by atoms with van der Waals surface area (Å²) >= 11 is 0. The molecule has 0 heterocycles. The summed E-state index contributed by atoms with van der Waals surface area (Å²) in [5.41, 5.74) is 9.43. The Labute approximate surface area is 89.9 Å². The molecule has 0 aromatic heterocycles. The Morgan fingerprint density at radius 3 is 3.00 bits per heavy atom. The molecule has 0 saturated carbocycles. The van der Waals surface area contributed by atoms with Gasteiger partial charge in [-0.15, -0.1) is 0 Å². The number of hydrazone groups is 1. The molecule has 2 amide bonds. The second-order valence-electron chi connectivity index (χ2n) is 3.83. The number of rotatable bonds is 3. The molecule has 15 heavy (non-hydrogen) atoms. The van der Waals surface area contributed by atoms with Crippen LogP contribution in [0.3, 0.4) is 0 Å². The first-order chi connectivity index (χ1) is 7.09. The van der Waals surface area contributed by atoms with E-state index in [1.807, 2.05) is 0 Å². The van der Waals surface area contributed by atoms with Crippen LogP contribution in [0.1, 0.15) is 26.2 Å². The molecule has 0 radical (unpaired) electrons. The SMILES string of the molecule is C=C(C)[C@@H]1CC=C(/C=N/NC(N)=O)CC1. The van der Waals surface area contributed by atoms with Crippen LogP contribution < -0.4 is 11.2 Å². The monoisotopic (exact) mass is 207 g/mol. The molecule has 3 N–H and O–H groups in total. The third kappa shape index (κ3) is 3.97. The molecule has 0 spiro atoms. The lowest BCUT2D eigenvalue weighted by Gasteiger charge is -2.20. The van der Waals surface area contributed by atoms with E-state index in [0.717, 1.165) is 24.8 Å². The van der Waals surface area contributed by atoms with Crippen molar-refractivity contribution in [2.24, 2.45) is 16.8 Å². The Hall–Kier alpha value is -1.58. The van der Waals surface area contributed by atoms with Gasteiger partial charge < -0.3 is 5.73 Å². The Balaban J connectivity index is 2.43. The Bertz CT molecular complexity index is 318. The quantitative estimate of drug-likeness (QED) is 0.414. The number of hydrogen-bond acceptors (Lipinski definition) is 2. The zero-order chi connectivity index (χ0) is 11.3. The van der Waals surface area contributed by atoms with Crippen molar-refractivity contribution in [2.75, 3.05) is 0 Å². The molecule has 0 aromatic rings. The molecule has 0 saturated heterocycles. The number of nitrogens with one attached hydrogen (secondary N) is 1. The maximum absolute atomic E-state index is 10.3. The van der Waals surface area contributed by atoms with Gasteiger partial charge in [0, 0.05) is 0 Å². The van der Waals surface area contributed by atoms with E-state index in [-0.39, 0.29) is 0 Å². The van der Waals surface area contributed by atoms with Gasteiger partial charge in [0.05, 0.1) is 6.21 Å². The van der Waals surface area contributed by atoms with Crippen molar-refractivity contribution < 1.29 is 4.79 Å². The van der Waals surface area contributed by atoms with E-state index < -0.39 is 6.03 Å². The smallest absolute Gasteiger partial charge is 0.332 e. The minimum absolute atomic E-state index is 0.589. The summed E-state index contributed by atoms with van der Waals surface area (Å²) in [6, 6.07) is -0.637. The number of urea groups is 1. The third-order valence-corrected chi connectivity index (χ3v) is 2.55. The fourth-order valence-corrected chi connectivity index (χ4v) is 1.60. The highest BCUT2D eigenvalue weighted by Gasteiger charge is 2.13. The molecule has 0 fully saturated rings. The second kappa shape index (κ2) is 5.34. The maximum atomic E-state index is 10.3. The maximum Gasteiger partial charge on any atom is 0.332 e. The molecule has 0 unspecified atom stereocenters. The molecule has 1 rings (SSSR count). The summed E-state index contributed by atoms with van der Waals surface area (Å²) in [4.78, 5) is 10.3. The predicted octanol–water partition coefficient (Wildman–Crippen LogP) is 1.94. The first kappa shape index (κ1) is 11.5. The number of nitrogens with zero attached hydrogens (tertiary/aromatic N) is 1. The van der Waals surface area contributed by atoms with Crippen LogP contribution in [0.4, 0.5) is 4.79 Å². The third-order valence-electron chi connectivity index (χ3n) is 2.55. The number of carbonyl (C=O) groups is 1. The largest absolute Gasteiger partial charge is 0.350 e. The molecular formula is C11H17N3O. The number of primary amides is 1. The Kier molecular flexibility index (Phi) is 4.09. The lowest BCUT2D eigenvalue weighted by molar-refractivity contribution is 0.249. The van der Waals surface area contributed by atoms with Gasteiger partial charge in [0.25, 0.3) is 0 Å². The zero-order valence-electron chi connectivity index (χ0n) is 8.99. The van der Waals surface area contributed by atoms with E-state index in [2.05, 4.69) is 30.1 Å². The first-order valence-corrected chi connectivity index (χ1v) is 5.02. The van der Waals surface area contributed by atoms with Gasteiger partial charge in [-0.25, -0.2) is 10.2 Å². The molecule has 0 bridgehead atoms. The highest BCUT2D eigenvalue weighted by Crippen LogP contribution is 2.27. The second-order valence-corrected chi connectivity index (χ2v) is 3.83. The van der Waals surface area contributed by atoms with Crippen LogP contribution in [0.2, 0.25) is 0 Å². The molecule has 82 valence electrons. The van der Waals surface area contributed by atoms with E-state index in [9.17, 15) is 4.79 Å². The van der Waals surface area contributed by atoms with E-state index in [1.165, 1.54) is 5.57 Å². The van der Waals surface area contributed by atoms with Gasteiger partial charge in [0.1, 0.15) is 0 Å². The summed E-state index contributed by atoms with van der Waals surface area (Å²) in [6.45, 7) is 6.01. The van der Waals surface area contributed by atoms with Gasteiger partial charge in [-0.3, -0.25) is 0 Å². The number of carbonyl (C=O) groups excluding carboxylic acids is 1. The van der Waals surface area contributed by atoms with Crippen molar-refractivity contribution >= 4 is 12.2 Å². The van der Waals surface area contributed by atoms with Crippen LogP contribution in [0.5, 0.6) is 0 Å². The van der Waals surface area contributed by atoms with Crippen molar-refractivity contribution in [3.05, 3.63) is 23.8 Å². The minimum atomic E-state index is -0.637. The number of nitrogens with two attached hydrogens (primary N) is 1. The highest BCUT2D eigenvalue weighted by atomic mass is 16.2. The summed E-state index contributed by atoms with van der Waals surface area (Å²) < 4.78 is 0. The normalized spacial score (nSPS) is 21.1. The van der Waals surface area contributed by atoms with Crippen molar-refractivity contribution in [1.82, 2.24) is 5.43 Å². The average molecular weight is 207 g/mol. The van der Waals surface area contributed by atoms with Crippen molar-refractivity contribution in [1.29, 1.82) is 0 Å². The minimum Gasteiger partial charge on any atom is -0.350 e. The first-order valence-electron chi connectivity index (χ1n) is 5.02. The zero-order valence-corrected chi connectivity index (χ0v) is 8.99. The molecule has 1 aliphatic carbocycles. The van der Waals surface area contributed by atoms with Crippen LogP contribution in [0, 0.1) is 5.92 Å². The highest BCUT2D eigenvalue weighted by molar-refractivity contribution is 5.80. The van der Waals surface area contributed by atoms with Gasteiger partial charge in [-0.05, 0) is 37.7 Å². The lowest BCUT2D eigenvalue weighted by atomic mass is 9.86. The van der Waals surface area contributed by atoms with E-state index in [4.69, 9.17) is 5.73 Å². The van der Waals surface area contributed by atoms with E-state index in [0.29, 0.717) is 5.92 Å². The van der Waals surface area contributed by atoms with Gasteiger partial charge in [-0.1, -0.05) is 18.2 Å². The lowest BCUT2D eigenvalue weighted by Crippen LogP contribution is -2.24. The number of allylic oxidation sites excluding steroid dienone is 3. The molecule has 0 aliphatic heterocycles. The average Bonchev–Trinajstić information content (AvgIpc) is 2.18. The summed E-state index contributed by atoms with van der Waals surface area (Å²) in [5.74, 6) is 0.589. The number of amides is 2. The molecule has 4 nitrogen and oxygen atoms in total. The predicted molar refractivity (Wildman–Crippen MR) is 61.4 cm³/mol. The number of hydrogen-bond donors (Lipinski definition) is 2. The van der Waals surface area contributed by atoms with Crippen molar-refractivity contribution in [2.45, 2.75) is 26.2 Å². The summed E-state index contributed by atoms with van der Waals surface area (Å²) in [6.07, 6.45) is 6.87. The van der Waals surface area contributed by atoms with Crippen LogP contribution in [-0.4, -0.2) is 12.2 Å². The molecule has 0 aromatic carbocycles. The van der Waals surface area contributed by atoms with Crippen LogP contribution >= 0.6 is 0 Å². The molecular weight excluding hydrogens is 190 g/mol. The standard InChI is InChI=1S/C11H17N3O/c1-8(2)10-5-3-9(4-6-10)7-13-14-11(12)15/h3,7,10H,1,4-6H2,2H3,(H3,12,14,15)/b13-7+/t10-/m1/s1. The molecule has 1 aliphatic rings. The molecule has 1 atom stereocenters. The fourth-order valence-electron chi connectivity index (χ4n) is 1.60. The van der Waals surface area contributed by atoms with Crippen LogP contribution in [-0.2, 0) is 0 Å². The Morgan fingerprint density at radius 2 is 2.53 bits per heavy atom. The van der Waals surface area contributed by atoms with Crippen LogP contribution in [0.25, 0.3) is 0 Å². The van der Waals surface area contributed by atoms with Crippen molar-refractivity contribution in [3.8, 4) is 0 Å². The van der Waals surface area contributed by atoms with Gasteiger partial charge in [0.2, 0.25) is 0 Å². The molecule has 4 heteroatoms. The van der Waals surface area contributed by atoms with Crippen molar-refractivity contribution in [3.63, 3.8) is 0 Å². The van der Waals surface area contributed by atoms with E-state index in [1.54, 1.807) is 6.21 Å². The van der Waals surface area contributed by atoms with Gasteiger partial charge in [-0.2, -0.15) is 5.10 Å². The fraction of sp³-hybridized carbons (Fsp3) is 0.455. The topological polar surface area (TPSA) is 67.5 Å². The van der Waals surface area contributed by atoms with Gasteiger partial charge >= 0.3 is 6.03 Å². The Morgan fingerprint density at radius 1 is 1.80 bits per heavy atom. The summed E-state index contributed by atoms with van der Waals surface area (Å²) in [5, 5.41) is 3.72. The van der Waals surface area contributed by atoms with E-state index >= 15 is 0 Å². The van der Waals surface area contributed by atoms with Gasteiger partial charge in [0.15, 0.2) is 0 Å². The summed E-state index contributed by atoms with van der Waals surface area (Å²) in [7, 11) is 0. The van der Waals surface area contributed by atoms with Crippen LogP contribution in [0.15, 0.2) is 28.9 Å².